The summed E-state index contributed by atoms with van der Waals surface area (Å²) in [7, 11) is 0. The van der Waals surface area contributed by atoms with Crippen LogP contribution in [0.3, 0.4) is 0 Å². The average molecular weight is 768 g/mol. The van der Waals surface area contributed by atoms with Gasteiger partial charge in [0.1, 0.15) is 0 Å². The van der Waals surface area contributed by atoms with E-state index in [1.807, 2.05) is 97.2 Å². The molecule has 0 bridgehead atoms. The van der Waals surface area contributed by atoms with Crippen molar-refractivity contribution in [2.24, 2.45) is 0 Å². The zero-order valence-electron chi connectivity index (χ0n) is 32.6. The topological polar surface area (TPSA) is 64.5 Å². The highest BCUT2D eigenvalue weighted by Gasteiger charge is 2.14. The zero-order chi connectivity index (χ0) is 40.1. The second-order valence-corrected chi connectivity index (χ2v) is 14.5. The lowest BCUT2D eigenvalue weighted by molar-refractivity contribution is 1.18. The predicted molar refractivity (Wildman–Crippen MR) is 244 cm³/mol. The van der Waals surface area contributed by atoms with Crippen molar-refractivity contribution in [3.8, 4) is 101 Å². The fourth-order valence-corrected chi connectivity index (χ4v) is 7.41. The van der Waals surface area contributed by atoms with Crippen molar-refractivity contribution in [2.45, 2.75) is 0 Å². The molecular weight excluding hydrogens is 731 g/mol. The minimum Gasteiger partial charge on any atom is -0.254 e. The van der Waals surface area contributed by atoms with Gasteiger partial charge in [0, 0.05) is 34.0 Å². The molecule has 6 aromatic carbocycles. The molecule has 0 unspecified atom stereocenters. The van der Waals surface area contributed by atoms with Gasteiger partial charge in [0.2, 0.25) is 0 Å². The van der Waals surface area contributed by atoms with Crippen molar-refractivity contribution in [2.75, 3.05) is 0 Å². The van der Waals surface area contributed by atoms with E-state index in [1.54, 1.807) is 0 Å². The van der Waals surface area contributed by atoms with Crippen LogP contribution in [0.2, 0.25) is 0 Å². The lowest BCUT2D eigenvalue weighted by atomic mass is 9.99. The molecule has 0 spiro atoms. The van der Waals surface area contributed by atoms with Crippen LogP contribution in [-0.2, 0) is 0 Å². The van der Waals surface area contributed by atoms with Gasteiger partial charge in [-0.2, -0.15) is 0 Å². The smallest absolute Gasteiger partial charge is 0.160 e. The quantitative estimate of drug-likeness (QED) is 0.146. The molecule has 0 fully saturated rings. The molecule has 0 amide bonds. The Bertz CT molecular complexity index is 2970. The van der Waals surface area contributed by atoms with Crippen LogP contribution >= 0.6 is 0 Å². The summed E-state index contributed by atoms with van der Waals surface area (Å²) < 4.78 is 0. The van der Waals surface area contributed by atoms with Crippen LogP contribution in [0.4, 0.5) is 0 Å². The fourth-order valence-electron chi connectivity index (χ4n) is 7.41. The first-order chi connectivity index (χ1) is 29.7. The predicted octanol–water partition coefficient (Wildman–Crippen LogP) is 13.7. The van der Waals surface area contributed by atoms with E-state index >= 15 is 0 Å². The van der Waals surface area contributed by atoms with E-state index in [1.165, 1.54) is 0 Å². The van der Waals surface area contributed by atoms with E-state index in [4.69, 9.17) is 24.9 Å². The van der Waals surface area contributed by atoms with Gasteiger partial charge < -0.3 is 0 Å². The van der Waals surface area contributed by atoms with Crippen molar-refractivity contribution in [1.82, 2.24) is 24.9 Å². The molecule has 0 aliphatic rings. The van der Waals surface area contributed by atoms with Crippen LogP contribution in [-0.4, -0.2) is 24.9 Å². The number of aromatic nitrogens is 5. The molecule has 5 nitrogen and oxygen atoms in total. The van der Waals surface area contributed by atoms with E-state index < -0.39 is 0 Å². The first-order valence-corrected chi connectivity index (χ1v) is 20.0. The molecule has 0 saturated carbocycles. The summed E-state index contributed by atoms with van der Waals surface area (Å²) in [6, 6.07) is 74.8. The summed E-state index contributed by atoms with van der Waals surface area (Å²) in [6.07, 6.45) is 1.93. The summed E-state index contributed by atoms with van der Waals surface area (Å²) in [5.74, 6) is 0.706. The molecule has 4 heterocycles. The Morgan fingerprint density at radius 1 is 0.200 bits per heavy atom. The molecule has 10 rings (SSSR count). The van der Waals surface area contributed by atoms with E-state index in [0.717, 1.165) is 95.5 Å². The number of pyridine rings is 3. The van der Waals surface area contributed by atoms with Crippen LogP contribution in [0.25, 0.3) is 101 Å². The van der Waals surface area contributed by atoms with Gasteiger partial charge in [0.25, 0.3) is 0 Å². The lowest BCUT2D eigenvalue weighted by Gasteiger charge is -2.11. The summed E-state index contributed by atoms with van der Waals surface area (Å²) in [6.45, 7) is 0. The van der Waals surface area contributed by atoms with Crippen molar-refractivity contribution < 1.29 is 0 Å². The Morgan fingerprint density at radius 3 is 1.15 bits per heavy atom. The first-order valence-electron chi connectivity index (χ1n) is 20.0. The number of rotatable bonds is 9. The molecule has 0 N–H and O–H groups in total. The summed E-state index contributed by atoms with van der Waals surface area (Å²) in [4.78, 5) is 25.0. The molecule has 0 atom stereocenters. The Hall–Kier alpha value is -8.15. The Morgan fingerprint density at radius 2 is 0.600 bits per heavy atom. The van der Waals surface area contributed by atoms with Gasteiger partial charge >= 0.3 is 0 Å². The minimum absolute atomic E-state index is 0.706. The zero-order valence-corrected chi connectivity index (χ0v) is 32.6. The third-order valence-electron chi connectivity index (χ3n) is 10.6. The Kier molecular flexibility index (Phi) is 9.88. The maximum absolute atomic E-state index is 5.11. The molecular formula is C55H37N5. The van der Waals surface area contributed by atoms with E-state index in [0.29, 0.717) is 5.82 Å². The van der Waals surface area contributed by atoms with Gasteiger partial charge in [-0.25, -0.2) is 19.9 Å². The van der Waals surface area contributed by atoms with E-state index in [-0.39, 0.29) is 0 Å². The van der Waals surface area contributed by atoms with Crippen LogP contribution in [0, 0.1) is 0 Å². The molecule has 0 aliphatic heterocycles. The van der Waals surface area contributed by atoms with Gasteiger partial charge in [-0.15, -0.1) is 0 Å². The number of hydrogen-bond acceptors (Lipinski definition) is 5. The number of hydrogen-bond donors (Lipinski definition) is 0. The Labute approximate surface area is 349 Å². The highest BCUT2D eigenvalue weighted by Crippen LogP contribution is 2.33. The highest BCUT2D eigenvalue weighted by atomic mass is 14.9. The van der Waals surface area contributed by atoms with Gasteiger partial charge in [0.15, 0.2) is 5.82 Å². The molecule has 0 aliphatic carbocycles. The third-order valence-corrected chi connectivity index (χ3v) is 10.6. The van der Waals surface area contributed by atoms with Gasteiger partial charge in [-0.1, -0.05) is 182 Å². The minimum atomic E-state index is 0.706. The highest BCUT2D eigenvalue weighted by molar-refractivity contribution is 5.78. The number of benzene rings is 6. The fraction of sp³-hybridized carbons (Fsp3) is 0. The average Bonchev–Trinajstić information content (AvgIpc) is 3.35. The maximum Gasteiger partial charge on any atom is 0.160 e. The SMILES string of the molecule is c1ccc(-c2cc(-c3ccc(-c4ccc(-c5ccc(-c6cc(-c7ccccc7)nc(-c7ccccc7)n6)cc5)cc4)cn3)nc(-c3cccc(-c4ccccc4)n3)c2)cc1. The van der Waals surface area contributed by atoms with Crippen molar-refractivity contribution >= 4 is 0 Å². The largest absolute Gasteiger partial charge is 0.254 e. The van der Waals surface area contributed by atoms with Crippen LogP contribution in [0.1, 0.15) is 0 Å². The second-order valence-electron chi connectivity index (χ2n) is 14.5. The molecule has 5 heteroatoms. The molecule has 0 radical (unpaired) electrons. The van der Waals surface area contributed by atoms with Crippen molar-refractivity contribution in [3.05, 3.63) is 225 Å². The number of nitrogens with zero attached hydrogens (tertiary/aromatic N) is 5. The van der Waals surface area contributed by atoms with Gasteiger partial charge in [-0.05, 0) is 64.2 Å². The molecule has 4 aromatic heterocycles. The molecule has 0 saturated heterocycles. The Balaban J connectivity index is 0.911. The lowest BCUT2D eigenvalue weighted by Crippen LogP contribution is -1.95. The van der Waals surface area contributed by atoms with Crippen LogP contribution in [0.5, 0.6) is 0 Å². The standard InChI is InChI=1S/C55H37N5/c1-5-14-38(15-6-1)47-34-53(58-54(35-47)50-23-13-22-48(57-50)42-16-7-2-8-17-42)49-33-32-46(37-56-49)41-26-24-39(25-27-41)40-28-30-44(31-29-40)52-36-51(43-18-9-3-10-19-43)59-55(60-52)45-20-11-4-12-21-45/h1-37H. The van der Waals surface area contributed by atoms with Crippen LogP contribution in [0.15, 0.2) is 225 Å². The van der Waals surface area contributed by atoms with Gasteiger partial charge in [-0.3, -0.25) is 4.98 Å². The van der Waals surface area contributed by atoms with E-state index in [9.17, 15) is 0 Å². The monoisotopic (exact) mass is 767 g/mol. The van der Waals surface area contributed by atoms with Crippen LogP contribution < -0.4 is 0 Å². The molecule has 10 aromatic rings. The van der Waals surface area contributed by atoms with Gasteiger partial charge in [0.05, 0.1) is 39.9 Å². The van der Waals surface area contributed by atoms with Crippen molar-refractivity contribution in [1.29, 1.82) is 0 Å². The molecule has 60 heavy (non-hydrogen) atoms. The molecule has 282 valence electrons. The third kappa shape index (κ3) is 7.76. The van der Waals surface area contributed by atoms with Crippen molar-refractivity contribution in [3.63, 3.8) is 0 Å². The summed E-state index contributed by atoms with van der Waals surface area (Å²) in [5, 5.41) is 0. The second kappa shape index (κ2) is 16.4. The normalized spacial score (nSPS) is 11.0. The maximum atomic E-state index is 5.11. The first kappa shape index (κ1) is 36.2. The summed E-state index contributed by atoms with van der Waals surface area (Å²) in [5.41, 5.74) is 16.6. The van der Waals surface area contributed by atoms with E-state index in [2.05, 4.69) is 127 Å². The summed E-state index contributed by atoms with van der Waals surface area (Å²) >= 11 is 0.